The van der Waals surface area contributed by atoms with Gasteiger partial charge in [0.05, 0.1) is 0 Å². The molecule has 0 unspecified atom stereocenters. The van der Waals surface area contributed by atoms with Crippen LogP contribution in [0.1, 0.15) is 40.0 Å². The van der Waals surface area contributed by atoms with Gasteiger partial charge in [0, 0.05) is 23.5 Å². The molecule has 23 heavy (non-hydrogen) atoms. The van der Waals surface area contributed by atoms with Crippen LogP contribution in [0.25, 0.3) is 0 Å². The third-order valence-corrected chi connectivity index (χ3v) is 8.49. The zero-order valence-corrected chi connectivity index (χ0v) is 14.4. The maximum absolute atomic E-state index is 13.0. The van der Waals surface area contributed by atoms with Gasteiger partial charge in [-0.1, -0.05) is 51.2 Å². The van der Waals surface area contributed by atoms with Gasteiger partial charge in [-0.15, -0.1) is 0 Å². The van der Waals surface area contributed by atoms with Crippen LogP contribution in [-0.4, -0.2) is 11.9 Å². The highest BCUT2D eigenvalue weighted by Gasteiger charge is 2.61. The molecule has 0 radical (unpaired) electrons. The Morgan fingerprint density at radius 3 is 2.57 bits per heavy atom. The molecule has 0 aromatic carbocycles. The van der Waals surface area contributed by atoms with E-state index in [1.807, 2.05) is 0 Å². The second kappa shape index (κ2) is 4.20. The first kappa shape index (κ1) is 14.1. The van der Waals surface area contributed by atoms with E-state index in [0.717, 1.165) is 11.5 Å². The molecule has 7 atom stereocenters. The molecule has 1 N–H and O–H groups in total. The number of hydrogen-bond acceptors (Lipinski definition) is 1. The van der Waals surface area contributed by atoms with Crippen molar-refractivity contribution < 1.29 is 4.79 Å². The Morgan fingerprint density at radius 1 is 1.13 bits per heavy atom. The molecule has 2 fully saturated rings. The van der Waals surface area contributed by atoms with E-state index in [1.54, 1.807) is 0 Å². The lowest BCUT2D eigenvalue weighted by Gasteiger charge is -2.39. The van der Waals surface area contributed by atoms with Gasteiger partial charge in [-0.05, 0) is 47.8 Å². The summed E-state index contributed by atoms with van der Waals surface area (Å²) in [6.45, 7) is 7.22. The minimum Gasteiger partial charge on any atom is -0.349 e. The standard InChI is InChI=1S/C21H27NO/c1-20(2)14-8-9-21(20,3)17(11-14)22-19(23)16-10-13-5-4-12-6-7-15(16)18(12)13/h4-7,10,12-15,17-18H,8-9,11H2,1-3H3,(H,22,23)/t12-,13+,14+,15-,17-,18-,21+/m1/s1. The number of allylic oxidation sites excluding steroid dienone is 5. The highest BCUT2D eigenvalue weighted by molar-refractivity contribution is 5.95. The Bertz CT molecular complexity index is 669. The van der Waals surface area contributed by atoms with Crippen LogP contribution in [0.2, 0.25) is 0 Å². The molecule has 5 rings (SSSR count). The van der Waals surface area contributed by atoms with E-state index in [1.165, 1.54) is 19.3 Å². The van der Waals surface area contributed by atoms with Crippen LogP contribution in [0.15, 0.2) is 36.0 Å². The van der Waals surface area contributed by atoms with Crippen LogP contribution >= 0.6 is 0 Å². The molecule has 0 saturated heterocycles. The molecule has 0 heterocycles. The fraction of sp³-hybridized carbons (Fsp3) is 0.667. The van der Waals surface area contributed by atoms with Crippen molar-refractivity contribution in [2.45, 2.75) is 46.1 Å². The first-order chi connectivity index (χ1) is 10.9. The molecule has 0 aliphatic heterocycles. The molecule has 2 bridgehead atoms. The Labute approximate surface area is 139 Å². The SMILES string of the molecule is CC1(C)[C@H]2CC[C@@]1(C)[C@H](NC(=O)C1=C[C@@H]3C=C[C@@H]4C=C[C@H]1[C@H]43)C2. The molecule has 0 aromatic heterocycles. The molecule has 0 aromatic rings. The number of hydrogen-bond donors (Lipinski definition) is 1. The molecule has 2 saturated carbocycles. The number of carbonyl (C=O) groups excluding carboxylic acids is 1. The Kier molecular flexibility index (Phi) is 2.57. The maximum atomic E-state index is 13.0. The topological polar surface area (TPSA) is 29.1 Å². The van der Waals surface area contributed by atoms with Crippen molar-refractivity contribution in [1.29, 1.82) is 0 Å². The average Bonchev–Trinajstić information content (AvgIpc) is 3.23. The summed E-state index contributed by atoms with van der Waals surface area (Å²) in [6.07, 6.45) is 15.2. The van der Waals surface area contributed by atoms with E-state index in [2.05, 4.69) is 56.5 Å². The lowest BCUT2D eigenvalue weighted by atomic mass is 9.69. The van der Waals surface area contributed by atoms with Crippen LogP contribution in [0, 0.1) is 40.4 Å². The summed E-state index contributed by atoms with van der Waals surface area (Å²) in [5, 5.41) is 3.46. The minimum absolute atomic E-state index is 0.206. The van der Waals surface area contributed by atoms with Gasteiger partial charge in [0.15, 0.2) is 0 Å². The van der Waals surface area contributed by atoms with Gasteiger partial charge < -0.3 is 5.32 Å². The summed E-state index contributed by atoms with van der Waals surface area (Å²) in [5.41, 5.74) is 1.65. The van der Waals surface area contributed by atoms with Gasteiger partial charge in [-0.2, -0.15) is 0 Å². The van der Waals surface area contributed by atoms with Crippen molar-refractivity contribution in [2.24, 2.45) is 40.4 Å². The second-order valence-corrected chi connectivity index (χ2v) is 9.29. The summed E-state index contributed by atoms with van der Waals surface area (Å²) in [5.74, 6) is 2.96. The van der Waals surface area contributed by atoms with E-state index >= 15 is 0 Å². The quantitative estimate of drug-likeness (QED) is 0.771. The minimum atomic E-state index is 0.206. The normalized spacial score (nSPS) is 50.5. The lowest BCUT2D eigenvalue weighted by Crippen LogP contribution is -2.47. The Morgan fingerprint density at radius 2 is 1.87 bits per heavy atom. The van der Waals surface area contributed by atoms with Crippen LogP contribution in [-0.2, 0) is 4.79 Å². The predicted molar refractivity (Wildman–Crippen MR) is 91.5 cm³/mol. The zero-order valence-electron chi connectivity index (χ0n) is 14.4. The average molecular weight is 309 g/mol. The first-order valence-electron chi connectivity index (χ1n) is 9.31. The lowest BCUT2D eigenvalue weighted by molar-refractivity contribution is -0.119. The maximum Gasteiger partial charge on any atom is 0.247 e. The van der Waals surface area contributed by atoms with Gasteiger partial charge >= 0.3 is 0 Å². The summed E-state index contributed by atoms with van der Waals surface area (Å²) in [4.78, 5) is 13.0. The third kappa shape index (κ3) is 1.58. The molecule has 2 nitrogen and oxygen atoms in total. The molecule has 5 aliphatic rings. The molecule has 122 valence electrons. The van der Waals surface area contributed by atoms with E-state index in [-0.39, 0.29) is 11.3 Å². The van der Waals surface area contributed by atoms with Crippen LogP contribution in [0.5, 0.6) is 0 Å². The fourth-order valence-corrected chi connectivity index (χ4v) is 6.50. The highest BCUT2D eigenvalue weighted by Crippen LogP contribution is 2.65. The van der Waals surface area contributed by atoms with Gasteiger partial charge in [0.25, 0.3) is 0 Å². The van der Waals surface area contributed by atoms with Gasteiger partial charge in [-0.25, -0.2) is 0 Å². The zero-order chi connectivity index (χ0) is 16.0. The molecular formula is C21H27NO. The van der Waals surface area contributed by atoms with Crippen molar-refractivity contribution in [3.05, 3.63) is 36.0 Å². The Balaban J connectivity index is 1.38. The number of amides is 1. The van der Waals surface area contributed by atoms with E-state index in [9.17, 15) is 4.79 Å². The molecule has 1 amide bonds. The second-order valence-electron chi connectivity index (χ2n) is 9.29. The number of carbonyl (C=O) groups is 1. The van der Waals surface area contributed by atoms with E-state index in [4.69, 9.17) is 0 Å². The van der Waals surface area contributed by atoms with Gasteiger partial charge in [0.1, 0.15) is 0 Å². The molecule has 0 spiro atoms. The van der Waals surface area contributed by atoms with Crippen molar-refractivity contribution in [3.63, 3.8) is 0 Å². The first-order valence-corrected chi connectivity index (χ1v) is 9.31. The van der Waals surface area contributed by atoms with Crippen molar-refractivity contribution in [1.82, 2.24) is 5.32 Å². The monoisotopic (exact) mass is 309 g/mol. The van der Waals surface area contributed by atoms with Gasteiger partial charge in [0.2, 0.25) is 5.91 Å². The summed E-state index contributed by atoms with van der Waals surface area (Å²) in [6, 6.07) is 0.349. The summed E-state index contributed by atoms with van der Waals surface area (Å²) >= 11 is 0. The van der Waals surface area contributed by atoms with Crippen molar-refractivity contribution >= 4 is 5.91 Å². The predicted octanol–water partition coefficient (Wildman–Crippen LogP) is 3.86. The summed E-state index contributed by atoms with van der Waals surface area (Å²) < 4.78 is 0. The van der Waals surface area contributed by atoms with Crippen LogP contribution in [0.4, 0.5) is 0 Å². The third-order valence-electron chi connectivity index (χ3n) is 8.49. The largest absolute Gasteiger partial charge is 0.349 e. The highest BCUT2D eigenvalue weighted by atomic mass is 16.1. The number of rotatable bonds is 2. The van der Waals surface area contributed by atoms with Crippen LogP contribution in [0.3, 0.4) is 0 Å². The van der Waals surface area contributed by atoms with Crippen molar-refractivity contribution in [3.8, 4) is 0 Å². The smallest absolute Gasteiger partial charge is 0.247 e. The molecule has 2 heteroatoms. The number of fused-ring (bicyclic) bond motifs is 2. The molecule has 5 aliphatic carbocycles. The van der Waals surface area contributed by atoms with E-state index < -0.39 is 0 Å². The summed E-state index contributed by atoms with van der Waals surface area (Å²) in [7, 11) is 0. The van der Waals surface area contributed by atoms with Gasteiger partial charge in [-0.3, -0.25) is 4.79 Å². The number of nitrogens with one attached hydrogen (secondary N) is 1. The van der Waals surface area contributed by atoms with Crippen LogP contribution < -0.4 is 5.32 Å². The Hall–Kier alpha value is -1.31. The van der Waals surface area contributed by atoms with Crippen molar-refractivity contribution in [2.75, 3.05) is 0 Å². The fourth-order valence-electron chi connectivity index (χ4n) is 6.50. The molecular weight excluding hydrogens is 282 g/mol. The van der Waals surface area contributed by atoms with E-state index in [0.29, 0.717) is 35.1 Å².